The minimum absolute atomic E-state index is 0.300. The first kappa shape index (κ1) is 12.8. The summed E-state index contributed by atoms with van der Waals surface area (Å²) in [6.45, 7) is 3.74. The van der Waals surface area contributed by atoms with Crippen LogP contribution in [0.2, 0.25) is 0 Å². The lowest BCUT2D eigenvalue weighted by Crippen LogP contribution is -2.46. The van der Waals surface area contributed by atoms with Crippen LogP contribution >= 0.6 is 15.9 Å². The van der Waals surface area contributed by atoms with Crippen molar-refractivity contribution in [3.8, 4) is 6.07 Å². The Morgan fingerprint density at radius 1 is 1.62 bits per heavy atom. The van der Waals surface area contributed by atoms with Gasteiger partial charge in [0.05, 0.1) is 17.9 Å². The van der Waals surface area contributed by atoms with Gasteiger partial charge < -0.3 is 9.73 Å². The molecule has 1 heterocycles. The highest BCUT2D eigenvalue weighted by Crippen LogP contribution is 2.20. The minimum atomic E-state index is -0.798. The van der Waals surface area contributed by atoms with Crippen LogP contribution in [0.15, 0.2) is 21.4 Å². The number of halogens is 1. The molecule has 0 bridgehead atoms. The number of nitrogens with one attached hydrogen (secondary N) is 1. The molecule has 0 unspecified atom stereocenters. The van der Waals surface area contributed by atoms with E-state index in [1.807, 2.05) is 13.8 Å². The summed E-state index contributed by atoms with van der Waals surface area (Å²) in [5, 5.41) is 11.8. The van der Waals surface area contributed by atoms with Crippen LogP contribution in [0.3, 0.4) is 0 Å². The average Bonchev–Trinajstić information content (AvgIpc) is 2.72. The van der Waals surface area contributed by atoms with Crippen molar-refractivity contribution in [1.29, 1.82) is 5.26 Å². The molecule has 0 spiro atoms. The van der Waals surface area contributed by atoms with E-state index in [1.54, 1.807) is 6.07 Å². The summed E-state index contributed by atoms with van der Waals surface area (Å²) in [4.78, 5) is 11.9. The summed E-state index contributed by atoms with van der Waals surface area (Å²) in [6, 6.07) is 3.71. The van der Waals surface area contributed by atoms with Gasteiger partial charge in [-0.15, -0.1) is 0 Å². The van der Waals surface area contributed by atoms with Crippen LogP contribution in [0.25, 0.3) is 0 Å². The van der Waals surface area contributed by atoms with Gasteiger partial charge >= 0.3 is 0 Å². The van der Waals surface area contributed by atoms with Crippen LogP contribution in [0.1, 0.15) is 37.0 Å². The van der Waals surface area contributed by atoms with Crippen molar-refractivity contribution in [2.24, 2.45) is 0 Å². The lowest BCUT2D eigenvalue weighted by atomic mass is 9.94. The number of amides is 1. The second-order valence-electron chi connectivity index (χ2n) is 3.46. The van der Waals surface area contributed by atoms with Gasteiger partial charge in [0.15, 0.2) is 4.67 Å². The number of carbonyl (C=O) groups is 1. The van der Waals surface area contributed by atoms with Crippen LogP contribution in [-0.2, 0) is 0 Å². The average molecular weight is 285 g/mol. The first-order valence-electron chi connectivity index (χ1n) is 5.05. The molecular weight excluding hydrogens is 272 g/mol. The van der Waals surface area contributed by atoms with E-state index in [4.69, 9.17) is 9.68 Å². The van der Waals surface area contributed by atoms with Crippen LogP contribution in [0, 0.1) is 11.3 Å². The smallest absolute Gasteiger partial charge is 0.257 e. The molecular formula is C11H13BrN2O2. The predicted molar refractivity (Wildman–Crippen MR) is 62.8 cm³/mol. The fourth-order valence-corrected chi connectivity index (χ4v) is 1.77. The Labute approximate surface area is 103 Å². The molecule has 16 heavy (non-hydrogen) atoms. The number of nitriles is 1. The Morgan fingerprint density at radius 3 is 2.62 bits per heavy atom. The zero-order valence-electron chi connectivity index (χ0n) is 9.21. The highest BCUT2D eigenvalue weighted by Gasteiger charge is 2.29. The van der Waals surface area contributed by atoms with Gasteiger partial charge in [0.25, 0.3) is 5.91 Å². The molecule has 0 atom stereocenters. The Morgan fingerprint density at radius 2 is 2.25 bits per heavy atom. The monoisotopic (exact) mass is 284 g/mol. The second-order valence-corrected chi connectivity index (χ2v) is 4.18. The first-order chi connectivity index (χ1) is 7.58. The Kier molecular flexibility index (Phi) is 4.13. The molecule has 86 valence electrons. The van der Waals surface area contributed by atoms with E-state index < -0.39 is 5.54 Å². The quantitative estimate of drug-likeness (QED) is 0.925. The van der Waals surface area contributed by atoms with Gasteiger partial charge in [-0.3, -0.25) is 4.79 Å². The fraction of sp³-hybridized carbons (Fsp3) is 0.455. The van der Waals surface area contributed by atoms with E-state index in [9.17, 15) is 4.79 Å². The minimum Gasteiger partial charge on any atom is -0.457 e. The van der Waals surface area contributed by atoms with Gasteiger partial charge in [-0.05, 0) is 34.8 Å². The van der Waals surface area contributed by atoms with Crippen molar-refractivity contribution in [3.05, 3.63) is 22.6 Å². The standard InChI is InChI=1S/C11H13BrN2O2/c1-3-11(4-2,7-13)14-10(15)8-5-6-16-9(8)12/h5-6H,3-4H2,1-2H3,(H,14,15). The third kappa shape index (κ3) is 2.45. The van der Waals surface area contributed by atoms with Crippen molar-refractivity contribution in [2.45, 2.75) is 32.2 Å². The maximum atomic E-state index is 11.9. The third-order valence-corrected chi connectivity index (χ3v) is 3.25. The number of carbonyl (C=O) groups excluding carboxylic acids is 1. The fourth-order valence-electron chi connectivity index (χ4n) is 1.35. The van der Waals surface area contributed by atoms with Gasteiger partial charge in [-0.25, -0.2) is 0 Å². The first-order valence-corrected chi connectivity index (χ1v) is 5.84. The van der Waals surface area contributed by atoms with Crippen molar-refractivity contribution >= 4 is 21.8 Å². The van der Waals surface area contributed by atoms with Crippen LogP contribution in [0.4, 0.5) is 0 Å². The summed E-state index contributed by atoms with van der Waals surface area (Å²) < 4.78 is 5.35. The SMILES string of the molecule is CCC(C#N)(CC)NC(=O)c1ccoc1Br. The van der Waals surface area contributed by atoms with Gasteiger partial charge in [0, 0.05) is 0 Å². The topological polar surface area (TPSA) is 66.0 Å². The largest absolute Gasteiger partial charge is 0.457 e. The van der Waals surface area contributed by atoms with Crippen LogP contribution in [0.5, 0.6) is 0 Å². The molecule has 0 fully saturated rings. The molecule has 4 nitrogen and oxygen atoms in total. The molecule has 1 amide bonds. The zero-order chi connectivity index (χ0) is 12.2. The number of nitrogens with zero attached hydrogens (tertiary/aromatic N) is 1. The third-order valence-electron chi connectivity index (χ3n) is 2.64. The number of rotatable bonds is 4. The molecule has 0 aliphatic carbocycles. The summed E-state index contributed by atoms with van der Waals surface area (Å²) in [7, 11) is 0. The van der Waals surface area contributed by atoms with E-state index in [2.05, 4.69) is 27.3 Å². The molecule has 0 saturated heterocycles. The molecule has 5 heteroatoms. The van der Waals surface area contributed by atoms with Gasteiger partial charge in [-0.2, -0.15) is 5.26 Å². The second kappa shape index (κ2) is 5.17. The highest BCUT2D eigenvalue weighted by molar-refractivity contribution is 9.10. The van der Waals surface area contributed by atoms with E-state index in [0.29, 0.717) is 23.1 Å². The molecule has 0 aliphatic rings. The van der Waals surface area contributed by atoms with Crippen molar-refractivity contribution < 1.29 is 9.21 Å². The van der Waals surface area contributed by atoms with E-state index in [1.165, 1.54) is 6.26 Å². The lowest BCUT2D eigenvalue weighted by Gasteiger charge is -2.24. The highest BCUT2D eigenvalue weighted by atomic mass is 79.9. The Hall–Kier alpha value is -1.28. The lowest BCUT2D eigenvalue weighted by molar-refractivity contribution is 0.0914. The van der Waals surface area contributed by atoms with Gasteiger partial charge in [0.1, 0.15) is 5.54 Å². The summed E-state index contributed by atoms with van der Waals surface area (Å²) in [6.07, 6.45) is 2.56. The molecule has 1 rings (SSSR count). The van der Waals surface area contributed by atoms with E-state index in [-0.39, 0.29) is 5.91 Å². The van der Waals surface area contributed by atoms with E-state index in [0.717, 1.165) is 0 Å². The van der Waals surface area contributed by atoms with Crippen LogP contribution < -0.4 is 5.32 Å². The van der Waals surface area contributed by atoms with Gasteiger partial charge in [0.2, 0.25) is 0 Å². The molecule has 1 N–H and O–H groups in total. The molecule has 0 aromatic carbocycles. The predicted octanol–water partition coefficient (Wildman–Crippen LogP) is 2.85. The maximum absolute atomic E-state index is 11.9. The molecule has 0 radical (unpaired) electrons. The number of hydrogen-bond donors (Lipinski definition) is 1. The maximum Gasteiger partial charge on any atom is 0.257 e. The van der Waals surface area contributed by atoms with Gasteiger partial charge in [-0.1, -0.05) is 13.8 Å². The number of furan rings is 1. The summed E-state index contributed by atoms with van der Waals surface area (Å²) >= 11 is 3.13. The van der Waals surface area contributed by atoms with Crippen molar-refractivity contribution in [2.75, 3.05) is 0 Å². The normalized spacial score (nSPS) is 10.9. The molecule has 0 saturated carbocycles. The molecule has 1 aromatic heterocycles. The summed E-state index contributed by atoms with van der Waals surface area (Å²) in [5.41, 5.74) is -0.394. The van der Waals surface area contributed by atoms with Crippen molar-refractivity contribution in [1.82, 2.24) is 5.32 Å². The summed E-state index contributed by atoms with van der Waals surface area (Å²) in [5.74, 6) is -0.300. The Balaban J connectivity index is 2.86. The van der Waals surface area contributed by atoms with Crippen molar-refractivity contribution in [3.63, 3.8) is 0 Å². The van der Waals surface area contributed by atoms with E-state index >= 15 is 0 Å². The zero-order valence-corrected chi connectivity index (χ0v) is 10.8. The number of hydrogen-bond acceptors (Lipinski definition) is 3. The molecule has 0 aliphatic heterocycles. The molecule has 1 aromatic rings. The Bertz CT molecular complexity index is 416. The van der Waals surface area contributed by atoms with Crippen LogP contribution in [-0.4, -0.2) is 11.4 Å².